The van der Waals surface area contributed by atoms with Crippen LogP contribution < -0.4 is 0 Å². The SMILES string of the molecule is C=CCOC(C)C(=O)OCc1csc(C(C)(C)C)n1. The summed E-state index contributed by atoms with van der Waals surface area (Å²) < 4.78 is 10.3. The second-order valence-electron chi connectivity index (χ2n) is 5.27. The van der Waals surface area contributed by atoms with Crippen molar-refractivity contribution in [1.82, 2.24) is 4.98 Å². The number of hydrogen-bond donors (Lipinski definition) is 0. The van der Waals surface area contributed by atoms with Crippen LogP contribution in [-0.4, -0.2) is 23.7 Å². The van der Waals surface area contributed by atoms with E-state index in [-0.39, 0.29) is 18.0 Å². The normalized spacial score (nSPS) is 13.1. The summed E-state index contributed by atoms with van der Waals surface area (Å²) in [6, 6.07) is 0. The molecule has 0 N–H and O–H groups in total. The third-order valence-corrected chi connectivity index (χ3v) is 3.67. The van der Waals surface area contributed by atoms with E-state index >= 15 is 0 Å². The van der Waals surface area contributed by atoms with Gasteiger partial charge in [0.25, 0.3) is 0 Å². The first-order chi connectivity index (χ1) is 8.84. The number of carbonyl (C=O) groups excluding carboxylic acids is 1. The highest BCUT2D eigenvalue weighted by Crippen LogP contribution is 2.25. The van der Waals surface area contributed by atoms with Gasteiger partial charge in [0.05, 0.1) is 17.3 Å². The molecule has 4 nitrogen and oxygen atoms in total. The number of rotatable bonds is 6. The van der Waals surface area contributed by atoms with Crippen molar-refractivity contribution >= 4 is 17.3 Å². The first-order valence-electron chi connectivity index (χ1n) is 6.18. The Hall–Kier alpha value is -1.20. The van der Waals surface area contributed by atoms with Gasteiger partial charge < -0.3 is 9.47 Å². The van der Waals surface area contributed by atoms with E-state index in [9.17, 15) is 4.79 Å². The van der Waals surface area contributed by atoms with Crippen molar-refractivity contribution in [3.05, 3.63) is 28.7 Å². The summed E-state index contributed by atoms with van der Waals surface area (Å²) in [4.78, 5) is 16.1. The van der Waals surface area contributed by atoms with Crippen LogP contribution in [0.1, 0.15) is 38.4 Å². The molecule has 1 aromatic rings. The van der Waals surface area contributed by atoms with Crippen molar-refractivity contribution in [2.24, 2.45) is 0 Å². The highest BCUT2D eigenvalue weighted by molar-refractivity contribution is 7.09. The Kier molecular flexibility index (Phi) is 5.69. The molecule has 1 unspecified atom stereocenters. The number of nitrogens with zero attached hydrogens (tertiary/aromatic N) is 1. The van der Waals surface area contributed by atoms with Gasteiger partial charge in [-0.1, -0.05) is 26.8 Å². The number of hydrogen-bond acceptors (Lipinski definition) is 5. The molecule has 5 heteroatoms. The zero-order chi connectivity index (χ0) is 14.5. The summed E-state index contributed by atoms with van der Waals surface area (Å²) in [7, 11) is 0. The highest BCUT2D eigenvalue weighted by atomic mass is 32.1. The molecule has 0 aromatic carbocycles. The zero-order valence-electron chi connectivity index (χ0n) is 11.9. The lowest BCUT2D eigenvalue weighted by Crippen LogP contribution is -2.23. The molecule has 0 saturated heterocycles. The molecule has 0 aliphatic carbocycles. The van der Waals surface area contributed by atoms with Crippen molar-refractivity contribution in [1.29, 1.82) is 0 Å². The lowest BCUT2D eigenvalue weighted by Gasteiger charge is -2.13. The molecule has 0 aliphatic heterocycles. The lowest BCUT2D eigenvalue weighted by molar-refractivity contribution is -0.156. The Morgan fingerprint density at radius 2 is 2.26 bits per heavy atom. The summed E-state index contributed by atoms with van der Waals surface area (Å²) in [6.07, 6.45) is 1.01. The third-order valence-electron chi connectivity index (χ3n) is 2.35. The molecular formula is C14H21NO3S. The summed E-state index contributed by atoms with van der Waals surface area (Å²) in [5.41, 5.74) is 0.798. The van der Waals surface area contributed by atoms with Gasteiger partial charge in [-0.3, -0.25) is 0 Å². The fourth-order valence-electron chi connectivity index (χ4n) is 1.26. The predicted molar refractivity (Wildman–Crippen MR) is 76.2 cm³/mol. The van der Waals surface area contributed by atoms with Crippen molar-refractivity contribution < 1.29 is 14.3 Å². The quantitative estimate of drug-likeness (QED) is 0.594. The second-order valence-corrected chi connectivity index (χ2v) is 6.12. The Morgan fingerprint density at radius 1 is 1.58 bits per heavy atom. The van der Waals surface area contributed by atoms with Crippen LogP contribution in [-0.2, 0) is 26.3 Å². The molecule has 0 aliphatic rings. The van der Waals surface area contributed by atoms with Crippen LogP contribution in [0.2, 0.25) is 0 Å². The standard InChI is InChI=1S/C14H21NO3S/c1-6-7-17-10(2)12(16)18-8-11-9-19-13(15-11)14(3,4)5/h6,9-10H,1,7-8H2,2-5H3. The van der Waals surface area contributed by atoms with Gasteiger partial charge in [0.1, 0.15) is 6.61 Å². The minimum atomic E-state index is -0.585. The van der Waals surface area contributed by atoms with Gasteiger partial charge in [-0.15, -0.1) is 17.9 Å². The van der Waals surface area contributed by atoms with Gasteiger partial charge in [-0.25, -0.2) is 9.78 Å². The topological polar surface area (TPSA) is 48.4 Å². The number of aromatic nitrogens is 1. The van der Waals surface area contributed by atoms with Gasteiger partial charge >= 0.3 is 5.97 Å². The van der Waals surface area contributed by atoms with E-state index in [1.165, 1.54) is 0 Å². The monoisotopic (exact) mass is 283 g/mol. The predicted octanol–water partition coefficient (Wildman–Crippen LogP) is 3.07. The van der Waals surface area contributed by atoms with E-state index < -0.39 is 6.10 Å². The maximum Gasteiger partial charge on any atom is 0.335 e. The van der Waals surface area contributed by atoms with E-state index in [0.717, 1.165) is 10.7 Å². The Bertz CT molecular complexity index is 434. The van der Waals surface area contributed by atoms with E-state index in [1.54, 1.807) is 24.3 Å². The van der Waals surface area contributed by atoms with Crippen molar-refractivity contribution in [3.63, 3.8) is 0 Å². The van der Waals surface area contributed by atoms with Crippen molar-refractivity contribution in [3.8, 4) is 0 Å². The first-order valence-corrected chi connectivity index (χ1v) is 7.06. The zero-order valence-corrected chi connectivity index (χ0v) is 12.8. The largest absolute Gasteiger partial charge is 0.457 e. The van der Waals surface area contributed by atoms with E-state index in [0.29, 0.717) is 6.61 Å². The van der Waals surface area contributed by atoms with Gasteiger partial charge in [0.15, 0.2) is 6.10 Å². The van der Waals surface area contributed by atoms with E-state index in [1.807, 2.05) is 5.38 Å². The lowest BCUT2D eigenvalue weighted by atomic mass is 9.98. The smallest absolute Gasteiger partial charge is 0.335 e. The number of carbonyl (C=O) groups is 1. The fraction of sp³-hybridized carbons (Fsp3) is 0.571. The molecule has 1 aromatic heterocycles. The van der Waals surface area contributed by atoms with Crippen LogP contribution in [0.25, 0.3) is 0 Å². The second kappa shape index (κ2) is 6.82. The third kappa shape index (κ3) is 5.12. The molecule has 106 valence electrons. The van der Waals surface area contributed by atoms with E-state index in [4.69, 9.17) is 9.47 Å². The number of esters is 1. The molecular weight excluding hydrogens is 262 g/mol. The van der Waals surface area contributed by atoms with E-state index in [2.05, 4.69) is 32.3 Å². The molecule has 19 heavy (non-hydrogen) atoms. The number of ether oxygens (including phenoxy) is 2. The van der Waals surface area contributed by atoms with Crippen LogP contribution >= 0.6 is 11.3 Å². The van der Waals surface area contributed by atoms with Gasteiger partial charge in [-0.2, -0.15) is 0 Å². The van der Waals surface area contributed by atoms with Crippen molar-refractivity contribution in [2.45, 2.75) is 45.8 Å². The maximum absolute atomic E-state index is 11.6. The van der Waals surface area contributed by atoms with Gasteiger partial charge in [-0.05, 0) is 6.92 Å². The molecule has 1 atom stereocenters. The highest BCUT2D eigenvalue weighted by Gasteiger charge is 2.19. The number of thiazole rings is 1. The van der Waals surface area contributed by atoms with Crippen LogP contribution in [0, 0.1) is 0 Å². The average Bonchev–Trinajstić information content (AvgIpc) is 2.81. The molecule has 0 saturated carbocycles. The summed E-state index contributed by atoms with van der Waals surface area (Å²) >= 11 is 1.58. The first kappa shape index (κ1) is 15.9. The molecule has 0 bridgehead atoms. The minimum absolute atomic E-state index is 0.0211. The van der Waals surface area contributed by atoms with Crippen LogP contribution in [0.5, 0.6) is 0 Å². The molecule has 0 amide bonds. The Labute approximate surface area is 118 Å². The molecule has 0 fully saturated rings. The minimum Gasteiger partial charge on any atom is -0.457 e. The molecule has 0 radical (unpaired) electrons. The maximum atomic E-state index is 11.6. The summed E-state index contributed by atoms with van der Waals surface area (Å²) in [6.45, 7) is 12.0. The molecule has 1 rings (SSSR count). The van der Waals surface area contributed by atoms with Crippen LogP contribution in [0.3, 0.4) is 0 Å². The van der Waals surface area contributed by atoms with Gasteiger partial charge in [0, 0.05) is 10.8 Å². The summed E-state index contributed by atoms with van der Waals surface area (Å²) in [5.74, 6) is -0.382. The molecule has 1 heterocycles. The molecule has 0 spiro atoms. The van der Waals surface area contributed by atoms with Crippen molar-refractivity contribution in [2.75, 3.05) is 6.61 Å². The van der Waals surface area contributed by atoms with Crippen LogP contribution in [0.15, 0.2) is 18.0 Å². The van der Waals surface area contributed by atoms with Crippen LogP contribution in [0.4, 0.5) is 0 Å². The summed E-state index contributed by atoms with van der Waals surface area (Å²) in [5, 5.41) is 2.96. The Morgan fingerprint density at radius 3 is 2.79 bits per heavy atom. The fourth-order valence-corrected chi connectivity index (χ4v) is 2.15. The Balaban J connectivity index is 2.46. The average molecular weight is 283 g/mol. The van der Waals surface area contributed by atoms with Gasteiger partial charge in [0.2, 0.25) is 0 Å².